The quantitative estimate of drug-likeness (QED) is 0.154. The molecule has 2 atom stereocenters. The number of hydrogen-bond donors (Lipinski definition) is 1. The summed E-state index contributed by atoms with van der Waals surface area (Å²) in [5, 5.41) is 14.2. The van der Waals surface area contributed by atoms with Crippen LogP contribution in [0, 0.1) is 23.7 Å². The fourth-order valence-corrected chi connectivity index (χ4v) is 11.7. The molecule has 4 saturated carbocycles. The molecule has 2 unspecified atom stereocenters. The number of thiophene rings is 1. The Bertz CT molecular complexity index is 1920. The van der Waals surface area contributed by atoms with E-state index in [9.17, 15) is 14.7 Å². The lowest BCUT2D eigenvalue weighted by Gasteiger charge is -2.59. The molecule has 0 amide bonds. The molecule has 1 heterocycles. The summed E-state index contributed by atoms with van der Waals surface area (Å²) in [7, 11) is 1.12. The third-order valence-electron chi connectivity index (χ3n) is 11.4. The van der Waals surface area contributed by atoms with E-state index in [1.165, 1.54) is 26.6 Å². The van der Waals surface area contributed by atoms with Gasteiger partial charge in [0.05, 0.1) is 13.2 Å². The Morgan fingerprint density at radius 3 is 1.98 bits per heavy atom. The number of methoxy groups -OCH3 is 1. The van der Waals surface area contributed by atoms with Crippen LogP contribution in [0.5, 0.6) is 5.75 Å². The van der Waals surface area contributed by atoms with E-state index in [1.807, 2.05) is 36.4 Å². The summed E-state index contributed by atoms with van der Waals surface area (Å²) in [6.45, 7) is 1.57. The predicted octanol–water partition coefficient (Wildman–Crippen LogP) is 5.86. The molecule has 9 rings (SSSR count). The van der Waals surface area contributed by atoms with E-state index >= 15 is 0 Å². The maximum absolute atomic E-state index is 14.1. The summed E-state index contributed by atoms with van der Waals surface area (Å²) >= 11 is 0. The Morgan fingerprint density at radius 2 is 1.39 bits per heavy atom. The van der Waals surface area contributed by atoms with Crippen molar-refractivity contribution < 1.29 is 41.3 Å². The third kappa shape index (κ3) is 5.90. The van der Waals surface area contributed by atoms with Crippen LogP contribution in [0.3, 0.4) is 0 Å². The summed E-state index contributed by atoms with van der Waals surface area (Å²) in [4.78, 5) is 28.5. The molecule has 0 saturated heterocycles. The second-order valence-electron chi connectivity index (χ2n) is 14.1. The second-order valence-corrected chi connectivity index (χ2v) is 16.1. The molecule has 1 N–H and O–H groups in total. The zero-order valence-corrected chi connectivity index (χ0v) is 29.3. The molecule has 49 heavy (non-hydrogen) atoms. The number of aliphatic hydroxyl groups excluding tert-OH is 1. The van der Waals surface area contributed by atoms with Crippen LogP contribution in [0.25, 0.3) is 25.1 Å². The number of aliphatic hydroxyl groups is 1. The van der Waals surface area contributed by atoms with E-state index in [4.69, 9.17) is 14.2 Å². The maximum Gasteiger partial charge on any atom is 0.344 e. The molecule has 6 nitrogen and oxygen atoms in total. The van der Waals surface area contributed by atoms with E-state index < -0.39 is 46.6 Å². The van der Waals surface area contributed by atoms with Crippen LogP contribution in [0.15, 0.2) is 97.1 Å². The first-order chi connectivity index (χ1) is 23.3. The Hall–Kier alpha value is -3.91. The average molecular weight is 697 g/mol. The normalized spacial score (nSPS) is 25.0. The first-order valence-electron chi connectivity index (χ1n) is 17.1. The van der Waals surface area contributed by atoms with Gasteiger partial charge in [-0.1, -0.05) is 54.6 Å². The van der Waals surface area contributed by atoms with E-state index in [1.54, 1.807) is 19.2 Å². The van der Waals surface area contributed by atoms with Crippen LogP contribution in [-0.2, 0) is 19.1 Å². The third-order valence-corrected chi connectivity index (χ3v) is 13.7. The van der Waals surface area contributed by atoms with Crippen molar-refractivity contribution in [2.75, 3.05) is 13.7 Å². The number of hydrogen-bond acceptors (Lipinski definition) is 6. The van der Waals surface area contributed by atoms with Crippen molar-refractivity contribution >= 4 is 42.6 Å². The minimum Gasteiger partial charge on any atom is -1.00 e. The molecular weight excluding hydrogens is 656 g/mol. The van der Waals surface area contributed by atoms with Gasteiger partial charge in [-0.3, -0.25) is 4.79 Å². The van der Waals surface area contributed by atoms with Gasteiger partial charge in [-0.05, 0) is 98.6 Å². The number of fused-ring (bicyclic) bond motifs is 3. The van der Waals surface area contributed by atoms with Crippen molar-refractivity contribution in [3.8, 4) is 10.6 Å². The molecule has 0 spiro atoms. The largest absolute Gasteiger partial charge is 1.00 e. The fraction of sp³-hybridized carbons (Fsp3) is 0.366. The topological polar surface area (TPSA) is 82.1 Å². The Kier molecular flexibility index (Phi) is 9.20. The first-order valence-corrected chi connectivity index (χ1v) is 18.3. The monoisotopic (exact) mass is 696 g/mol. The van der Waals surface area contributed by atoms with Crippen molar-refractivity contribution in [3.63, 3.8) is 0 Å². The second kappa shape index (κ2) is 13.4. The number of carbonyl (C=O) groups is 2. The zero-order valence-electron chi connectivity index (χ0n) is 27.7. The standard InChI is InChI=1S/C41H41O6S.ClH/c1-41(28-19-25-18-26(21-28)22-29(41)20-25)47-37(42)24-46-40(44)38(39(43)27-10-4-3-5-11-27)33-23-30(16-17-34(33)45-2)48-35-14-8-6-12-31(35)32-13-7-9-15-36(32)48;/h3-17,23,25-26,28-29,38-39,43H,18-22,24H2,1-2H3;1H/q+1;/p-1. The van der Waals surface area contributed by atoms with E-state index in [0.29, 0.717) is 28.7 Å². The van der Waals surface area contributed by atoms with Crippen LogP contribution in [-0.4, -0.2) is 36.4 Å². The zero-order chi connectivity index (χ0) is 33.0. The highest BCUT2D eigenvalue weighted by molar-refractivity contribution is 7.50. The summed E-state index contributed by atoms with van der Waals surface area (Å²) in [5.41, 5.74) is 0.549. The highest BCUT2D eigenvalue weighted by Crippen LogP contribution is 2.59. The number of ether oxygens (including phenoxy) is 3. The minimum absolute atomic E-state index is 0. The fourth-order valence-electron chi connectivity index (χ4n) is 9.24. The highest BCUT2D eigenvalue weighted by atomic mass is 35.5. The molecule has 4 aromatic carbocycles. The molecule has 4 fully saturated rings. The lowest BCUT2D eigenvalue weighted by molar-refractivity contribution is -0.207. The molecule has 4 bridgehead atoms. The highest BCUT2D eigenvalue weighted by Gasteiger charge is 2.57. The lowest BCUT2D eigenvalue weighted by atomic mass is 9.50. The van der Waals surface area contributed by atoms with E-state index in [0.717, 1.165) is 42.4 Å². The van der Waals surface area contributed by atoms with Gasteiger partial charge in [0.2, 0.25) is 0 Å². The molecule has 4 aliphatic rings. The van der Waals surface area contributed by atoms with Crippen molar-refractivity contribution in [3.05, 3.63) is 108 Å². The van der Waals surface area contributed by atoms with Gasteiger partial charge < -0.3 is 31.7 Å². The molecule has 5 aromatic rings. The first kappa shape index (κ1) is 33.6. The van der Waals surface area contributed by atoms with Gasteiger partial charge >= 0.3 is 11.9 Å². The Balaban J connectivity index is 0.00000378. The SMILES string of the molecule is COc1ccc(-[s+]2c3ccccc3c3ccccc32)cc1C(C(=O)OCC(=O)OC1(C)C2CC3CC(C2)CC1C3)C(O)c1ccccc1.[Cl-]. The molecule has 8 heteroatoms. The minimum atomic E-state index is -1.24. The molecule has 254 valence electrons. The smallest absolute Gasteiger partial charge is 0.344 e. The molecule has 1 aromatic heterocycles. The molecule has 0 aliphatic heterocycles. The van der Waals surface area contributed by atoms with Crippen molar-refractivity contribution in [2.45, 2.75) is 56.7 Å². The summed E-state index contributed by atoms with van der Waals surface area (Å²) in [6, 6.07) is 31.8. The molecular formula is C41H41ClO6S. The number of benzene rings is 4. The van der Waals surface area contributed by atoms with Crippen LogP contribution in [0.1, 0.15) is 62.2 Å². The maximum atomic E-state index is 14.1. The van der Waals surface area contributed by atoms with Crippen LogP contribution in [0.4, 0.5) is 0 Å². The van der Waals surface area contributed by atoms with E-state index in [2.05, 4.69) is 55.5 Å². The number of halogens is 1. The Morgan fingerprint density at radius 1 is 0.816 bits per heavy atom. The summed E-state index contributed by atoms with van der Waals surface area (Å²) in [5.74, 6) is 0.286. The van der Waals surface area contributed by atoms with Gasteiger partial charge in [0, 0.05) is 38.9 Å². The van der Waals surface area contributed by atoms with E-state index in [-0.39, 0.29) is 12.4 Å². The summed E-state index contributed by atoms with van der Waals surface area (Å²) in [6.07, 6.45) is 4.49. The van der Waals surface area contributed by atoms with Crippen molar-refractivity contribution in [2.24, 2.45) is 23.7 Å². The van der Waals surface area contributed by atoms with Gasteiger partial charge in [0.25, 0.3) is 0 Å². The number of carbonyl (C=O) groups excluding carboxylic acids is 2. The van der Waals surface area contributed by atoms with Crippen molar-refractivity contribution in [1.82, 2.24) is 0 Å². The van der Waals surface area contributed by atoms with Crippen LogP contribution < -0.4 is 17.1 Å². The lowest BCUT2D eigenvalue weighted by Crippen LogP contribution is -3.00. The van der Waals surface area contributed by atoms with Gasteiger partial charge in [-0.2, -0.15) is 0 Å². The van der Waals surface area contributed by atoms with Gasteiger partial charge in [0.1, 0.15) is 17.3 Å². The molecule has 4 aliphatic carbocycles. The van der Waals surface area contributed by atoms with Gasteiger partial charge in [-0.25, -0.2) is 4.79 Å². The van der Waals surface area contributed by atoms with Crippen LogP contribution >= 0.6 is 10.5 Å². The Labute approximate surface area is 295 Å². The van der Waals surface area contributed by atoms with Gasteiger partial charge in [-0.15, -0.1) is 0 Å². The van der Waals surface area contributed by atoms with Crippen molar-refractivity contribution in [1.29, 1.82) is 0 Å². The summed E-state index contributed by atoms with van der Waals surface area (Å²) < 4.78 is 20.2. The van der Waals surface area contributed by atoms with Gasteiger partial charge in [0.15, 0.2) is 20.9 Å². The number of rotatable bonds is 9. The molecule has 0 radical (unpaired) electrons. The average Bonchev–Trinajstić information content (AvgIpc) is 3.44. The van der Waals surface area contributed by atoms with Crippen LogP contribution in [0.2, 0.25) is 0 Å². The number of esters is 2. The predicted molar refractivity (Wildman–Crippen MR) is 188 cm³/mol.